The van der Waals surface area contributed by atoms with Crippen molar-refractivity contribution in [2.24, 2.45) is 11.3 Å². The molecule has 116 valence electrons. The molecule has 1 aromatic rings. The Bertz CT molecular complexity index is 523. The van der Waals surface area contributed by atoms with Crippen LogP contribution in [0, 0.1) is 25.2 Å². The number of hydrogen-bond donors (Lipinski definition) is 0. The molecule has 2 nitrogen and oxygen atoms in total. The van der Waals surface area contributed by atoms with Crippen molar-refractivity contribution in [3.63, 3.8) is 0 Å². The number of methoxy groups -OCH3 is 1. The fourth-order valence-corrected chi connectivity index (χ4v) is 3.87. The number of hydrogen-bond acceptors (Lipinski definition) is 2. The van der Waals surface area contributed by atoms with Crippen molar-refractivity contribution in [1.82, 2.24) is 0 Å². The van der Waals surface area contributed by atoms with E-state index in [2.05, 4.69) is 20.8 Å². The second kappa shape index (κ2) is 6.21. The van der Waals surface area contributed by atoms with Gasteiger partial charge in [0.2, 0.25) is 0 Å². The highest BCUT2D eigenvalue weighted by Crippen LogP contribution is 2.47. The third-order valence-corrected chi connectivity index (χ3v) is 4.97. The molecule has 0 N–H and O–H groups in total. The highest BCUT2D eigenvalue weighted by molar-refractivity contribution is 6.03. The Morgan fingerprint density at radius 1 is 1.24 bits per heavy atom. The van der Waals surface area contributed by atoms with Crippen LogP contribution in [0.25, 0.3) is 0 Å². The SMILES string of the molecule is COc1c(C(=O)C2(CC(C)C)CCCC2)ccc(C)c1C. The first-order valence-corrected chi connectivity index (χ1v) is 8.10. The first kappa shape index (κ1) is 16.1. The van der Waals surface area contributed by atoms with E-state index in [9.17, 15) is 4.79 Å². The van der Waals surface area contributed by atoms with Crippen LogP contribution in [-0.2, 0) is 0 Å². The third-order valence-electron chi connectivity index (χ3n) is 4.97. The molecule has 0 spiro atoms. The van der Waals surface area contributed by atoms with Crippen LogP contribution in [0.5, 0.6) is 5.75 Å². The number of carbonyl (C=O) groups is 1. The minimum Gasteiger partial charge on any atom is -0.496 e. The van der Waals surface area contributed by atoms with Crippen LogP contribution in [0.2, 0.25) is 0 Å². The van der Waals surface area contributed by atoms with Crippen LogP contribution in [0.1, 0.15) is 67.4 Å². The summed E-state index contributed by atoms with van der Waals surface area (Å²) in [5.74, 6) is 1.62. The zero-order valence-electron chi connectivity index (χ0n) is 14.1. The lowest BCUT2D eigenvalue weighted by atomic mass is 9.72. The first-order chi connectivity index (χ1) is 9.91. The van der Waals surface area contributed by atoms with Crippen LogP contribution in [-0.4, -0.2) is 12.9 Å². The van der Waals surface area contributed by atoms with Gasteiger partial charge >= 0.3 is 0 Å². The van der Waals surface area contributed by atoms with Crippen molar-refractivity contribution < 1.29 is 9.53 Å². The molecule has 1 aliphatic rings. The number of ether oxygens (including phenoxy) is 1. The topological polar surface area (TPSA) is 26.3 Å². The van der Waals surface area contributed by atoms with E-state index in [1.165, 1.54) is 18.4 Å². The van der Waals surface area contributed by atoms with Gasteiger partial charge in [-0.15, -0.1) is 0 Å². The van der Waals surface area contributed by atoms with Crippen molar-refractivity contribution in [2.75, 3.05) is 7.11 Å². The van der Waals surface area contributed by atoms with Gasteiger partial charge in [-0.05, 0) is 56.2 Å². The molecule has 0 amide bonds. The molecule has 0 radical (unpaired) electrons. The van der Waals surface area contributed by atoms with Crippen molar-refractivity contribution in [1.29, 1.82) is 0 Å². The molecular formula is C19H28O2. The van der Waals surface area contributed by atoms with Gasteiger partial charge in [0.15, 0.2) is 5.78 Å². The Kier molecular flexibility index (Phi) is 4.75. The molecule has 0 unspecified atom stereocenters. The lowest BCUT2D eigenvalue weighted by Gasteiger charge is -2.30. The maximum Gasteiger partial charge on any atom is 0.172 e. The highest BCUT2D eigenvalue weighted by atomic mass is 16.5. The number of carbonyl (C=O) groups excluding carboxylic acids is 1. The molecule has 2 heteroatoms. The number of ketones is 1. The molecule has 2 rings (SSSR count). The van der Waals surface area contributed by atoms with Crippen molar-refractivity contribution >= 4 is 5.78 Å². The van der Waals surface area contributed by atoms with Crippen LogP contribution >= 0.6 is 0 Å². The second-order valence-electron chi connectivity index (χ2n) is 7.00. The average molecular weight is 288 g/mol. The first-order valence-electron chi connectivity index (χ1n) is 8.10. The Morgan fingerprint density at radius 2 is 1.86 bits per heavy atom. The van der Waals surface area contributed by atoms with Crippen LogP contribution in [0.15, 0.2) is 12.1 Å². The molecule has 21 heavy (non-hydrogen) atoms. The van der Waals surface area contributed by atoms with Gasteiger partial charge in [0.1, 0.15) is 5.75 Å². The van der Waals surface area contributed by atoms with Crippen LogP contribution in [0.4, 0.5) is 0 Å². The molecule has 1 aliphatic carbocycles. The van der Waals surface area contributed by atoms with Crippen LogP contribution < -0.4 is 4.74 Å². The molecule has 0 aromatic heterocycles. The molecule has 0 saturated heterocycles. The van der Waals surface area contributed by atoms with Gasteiger partial charge in [0.25, 0.3) is 0 Å². The molecular weight excluding hydrogens is 260 g/mol. The quantitative estimate of drug-likeness (QED) is 0.704. The normalized spacial score (nSPS) is 17.2. The summed E-state index contributed by atoms with van der Waals surface area (Å²) in [4.78, 5) is 13.3. The molecule has 0 atom stereocenters. The zero-order chi connectivity index (χ0) is 15.6. The van der Waals surface area contributed by atoms with Gasteiger partial charge in [-0.25, -0.2) is 0 Å². The van der Waals surface area contributed by atoms with Crippen molar-refractivity contribution in [3.05, 3.63) is 28.8 Å². The van der Waals surface area contributed by atoms with E-state index in [1.54, 1.807) is 7.11 Å². The predicted octanol–water partition coefficient (Wildman–Crippen LogP) is 5.10. The standard InChI is InChI=1S/C19H28O2/c1-13(2)12-19(10-6-7-11-19)18(20)16-9-8-14(3)15(4)17(16)21-5/h8-9,13H,6-7,10-12H2,1-5H3. The molecule has 0 aliphatic heterocycles. The maximum atomic E-state index is 13.3. The summed E-state index contributed by atoms with van der Waals surface area (Å²) in [5, 5.41) is 0. The van der Waals surface area contributed by atoms with Gasteiger partial charge in [0, 0.05) is 5.41 Å². The molecule has 1 aromatic carbocycles. The number of rotatable bonds is 5. The maximum absolute atomic E-state index is 13.3. The van der Waals surface area contributed by atoms with Crippen molar-refractivity contribution in [3.8, 4) is 5.75 Å². The lowest BCUT2D eigenvalue weighted by molar-refractivity contribution is 0.0756. The Labute approximate surface area is 128 Å². The summed E-state index contributed by atoms with van der Waals surface area (Å²) in [5.41, 5.74) is 2.88. The minimum atomic E-state index is -0.164. The van der Waals surface area contributed by atoms with E-state index in [0.717, 1.165) is 36.1 Å². The fraction of sp³-hybridized carbons (Fsp3) is 0.632. The summed E-state index contributed by atoms with van der Waals surface area (Å²) >= 11 is 0. The van der Waals surface area contributed by atoms with E-state index in [0.29, 0.717) is 11.7 Å². The van der Waals surface area contributed by atoms with E-state index < -0.39 is 0 Å². The largest absolute Gasteiger partial charge is 0.496 e. The van der Waals surface area contributed by atoms with E-state index in [-0.39, 0.29) is 5.41 Å². The Morgan fingerprint density at radius 3 is 2.38 bits per heavy atom. The summed E-state index contributed by atoms with van der Waals surface area (Å²) in [6.45, 7) is 8.52. The summed E-state index contributed by atoms with van der Waals surface area (Å²) in [6, 6.07) is 4.01. The summed E-state index contributed by atoms with van der Waals surface area (Å²) in [7, 11) is 1.67. The molecule has 0 bridgehead atoms. The van der Waals surface area contributed by atoms with Gasteiger partial charge < -0.3 is 4.74 Å². The van der Waals surface area contributed by atoms with Gasteiger partial charge in [-0.3, -0.25) is 4.79 Å². The predicted molar refractivity (Wildman–Crippen MR) is 87.2 cm³/mol. The van der Waals surface area contributed by atoms with Crippen molar-refractivity contribution in [2.45, 2.75) is 59.8 Å². The van der Waals surface area contributed by atoms with Gasteiger partial charge in [0.05, 0.1) is 12.7 Å². The van der Waals surface area contributed by atoms with Gasteiger partial charge in [-0.2, -0.15) is 0 Å². The zero-order valence-corrected chi connectivity index (χ0v) is 14.1. The molecule has 1 saturated carbocycles. The smallest absolute Gasteiger partial charge is 0.172 e. The third kappa shape index (κ3) is 3.00. The number of aryl methyl sites for hydroxylation is 1. The lowest BCUT2D eigenvalue weighted by Crippen LogP contribution is -2.30. The summed E-state index contributed by atoms with van der Waals surface area (Å²) in [6.07, 6.45) is 5.39. The summed E-state index contributed by atoms with van der Waals surface area (Å²) < 4.78 is 5.57. The minimum absolute atomic E-state index is 0.164. The molecule has 0 heterocycles. The number of Topliss-reactive ketones (excluding diaryl/α,β-unsaturated/α-hetero) is 1. The highest BCUT2D eigenvalue weighted by Gasteiger charge is 2.42. The monoisotopic (exact) mass is 288 g/mol. The Hall–Kier alpha value is -1.31. The van der Waals surface area contributed by atoms with E-state index in [4.69, 9.17) is 4.74 Å². The fourth-order valence-electron chi connectivity index (χ4n) is 3.87. The van der Waals surface area contributed by atoms with E-state index >= 15 is 0 Å². The Balaban J connectivity index is 2.45. The van der Waals surface area contributed by atoms with Crippen LogP contribution in [0.3, 0.4) is 0 Å². The van der Waals surface area contributed by atoms with E-state index in [1.807, 2.05) is 19.1 Å². The average Bonchev–Trinajstić information content (AvgIpc) is 2.89. The number of benzene rings is 1. The molecule has 1 fully saturated rings. The second-order valence-corrected chi connectivity index (χ2v) is 7.00. The van der Waals surface area contributed by atoms with Gasteiger partial charge in [-0.1, -0.05) is 32.8 Å².